The first-order valence-corrected chi connectivity index (χ1v) is 9.05. The van der Waals surface area contributed by atoms with Gasteiger partial charge in [-0.25, -0.2) is 4.98 Å². The summed E-state index contributed by atoms with van der Waals surface area (Å²) in [4.78, 5) is 17.6. The number of anilines is 1. The molecule has 0 saturated heterocycles. The predicted octanol–water partition coefficient (Wildman–Crippen LogP) is 4.81. The third-order valence-electron chi connectivity index (χ3n) is 3.41. The molecule has 0 fully saturated rings. The number of hydrogen-bond donors (Lipinski definition) is 1. The molecule has 0 aliphatic carbocycles. The van der Waals surface area contributed by atoms with Crippen molar-refractivity contribution in [3.05, 3.63) is 56.3 Å². The Hall–Kier alpha value is -1.67. The summed E-state index contributed by atoms with van der Waals surface area (Å²) in [6, 6.07) is 9.76. The average molecular weight is 438 g/mol. The number of thiophene rings is 1. The smallest absolute Gasteiger partial charge is 0.236 e. The first-order chi connectivity index (χ1) is 11.0. The molecule has 0 aliphatic heterocycles. The van der Waals surface area contributed by atoms with Gasteiger partial charge in [-0.15, -0.1) is 11.3 Å². The third-order valence-corrected chi connectivity index (χ3v) is 5.43. The van der Waals surface area contributed by atoms with Crippen LogP contribution in [0.4, 0.5) is 5.69 Å². The van der Waals surface area contributed by atoms with Crippen LogP contribution in [0.3, 0.4) is 0 Å². The monoisotopic (exact) mass is 438 g/mol. The molecule has 1 aromatic carbocycles. The lowest BCUT2D eigenvalue weighted by Crippen LogP contribution is -2.15. The molecular weight excluding hydrogens is 423 g/mol. The Morgan fingerprint density at radius 2 is 2.17 bits per heavy atom. The first kappa shape index (κ1) is 16.2. The highest BCUT2D eigenvalue weighted by Gasteiger charge is 2.15. The number of nitrogens with zero attached hydrogens (tertiary/aromatic N) is 1. The van der Waals surface area contributed by atoms with Crippen molar-refractivity contribution < 1.29 is 9.21 Å². The minimum absolute atomic E-state index is 0.0983. The van der Waals surface area contributed by atoms with Gasteiger partial charge < -0.3 is 9.73 Å². The lowest BCUT2D eigenvalue weighted by Gasteiger charge is -2.06. The van der Waals surface area contributed by atoms with Crippen LogP contribution in [0.1, 0.15) is 17.0 Å². The minimum atomic E-state index is -0.0983. The second kappa shape index (κ2) is 6.84. The van der Waals surface area contributed by atoms with Gasteiger partial charge in [-0.2, -0.15) is 0 Å². The van der Waals surface area contributed by atoms with Crippen molar-refractivity contribution in [2.45, 2.75) is 20.3 Å². The second-order valence-electron chi connectivity index (χ2n) is 5.19. The van der Waals surface area contributed by atoms with Crippen molar-refractivity contribution in [3.63, 3.8) is 0 Å². The highest BCUT2D eigenvalue weighted by molar-refractivity contribution is 14.1. The van der Waals surface area contributed by atoms with Crippen LogP contribution in [0.15, 0.2) is 40.1 Å². The Morgan fingerprint density at radius 1 is 1.35 bits per heavy atom. The Labute approximate surface area is 152 Å². The summed E-state index contributed by atoms with van der Waals surface area (Å²) in [5, 5.41) is 4.88. The lowest BCUT2D eigenvalue weighted by molar-refractivity contribution is -0.115. The number of carbonyl (C=O) groups is 1. The molecule has 0 unspecified atom stereocenters. The highest BCUT2D eigenvalue weighted by atomic mass is 127. The molecule has 3 rings (SSSR count). The Bertz CT molecular complexity index is 840. The Balaban J connectivity index is 1.71. The molecule has 2 aromatic heterocycles. The minimum Gasteiger partial charge on any atom is -0.440 e. The number of halogens is 1. The number of benzene rings is 1. The molecule has 3 aromatic rings. The predicted molar refractivity (Wildman–Crippen MR) is 101 cm³/mol. The molecule has 0 aliphatic rings. The van der Waals surface area contributed by atoms with Gasteiger partial charge >= 0.3 is 0 Å². The first-order valence-electron chi connectivity index (χ1n) is 7.09. The van der Waals surface area contributed by atoms with Gasteiger partial charge in [0.1, 0.15) is 5.76 Å². The lowest BCUT2D eigenvalue weighted by atomic mass is 10.2. The zero-order valence-electron chi connectivity index (χ0n) is 12.7. The quantitative estimate of drug-likeness (QED) is 0.596. The number of amides is 1. The van der Waals surface area contributed by atoms with Crippen molar-refractivity contribution in [1.82, 2.24) is 4.98 Å². The van der Waals surface area contributed by atoms with E-state index in [0.717, 1.165) is 14.1 Å². The number of carbonyl (C=O) groups excluding carboxylic acids is 1. The van der Waals surface area contributed by atoms with E-state index in [9.17, 15) is 4.79 Å². The Morgan fingerprint density at radius 3 is 2.87 bits per heavy atom. The molecule has 23 heavy (non-hydrogen) atoms. The maximum atomic E-state index is 12.2. The van der Waals surface area contributed by atoms with Gasteiger partial charge in [0, 0.05) is 9.26 Å². The van der Waals surface area contributed by atoms with E-state index in [4.69, 9.17) is 4.42 Å². The van der Waals surface area contributed by atoms with Crippen molar-refractivity contribution in [2.75, 3.05) is 5.32 Å². The van der Waals surface area contributed by atoms with Crippen molar-refractivity contribution in [2.24, 2.45) is 0 Å². The van der Waals surface area contributed by atoms with Gasteiger partial charge in [-0.3, -0.25) is 4.79 Å². The molecular formula is C17H15IN2O2S. The van der Waals surface area contributed by atoms with E-state index in [1.54, 1.807) is 11.3 Å². The topological polar surface area (TPSA) is 55.1 Å². The molecule has 0 radical (unpaired) electrons. The highest BCUT2D eigenvalue weighted by Crippen LogP contribution is 2.26. The van der Waals surface area contributed by atoms with E-state index < -0.39 is 0 Å². The van der Waals surface area contributed by atoms with Gasteiger partial charge in [-0.1, -0.05) is 12.1 Å². The fourth-order valence-electron chi connectivity index (χ4n) is 2.13. The van der Waals surface area contributed by atoms with Gasteiger partial charge in [0.05, 0.1) is 17.0 Å². The largest absolute Gasteiger partial charge is 0.440 e. The summed E-state index contributed by atoms with van der Waals surface area (Å²) in [7, 11) is 0. The molecule has 2 heterocycles. The molecule has 4 nitrogen and oxygen atoms in total. The van der Waals surface area contributed by atoms with Crippen LogP contribution in [0, 0.1) is 17.4 Å². The number of nitrogens with one attached hydrogen (secondary N) is 1. The van der Waals surface area contributed by atoms with Crippen LogP contribution < -0.4 is 5.32 Å². The van der Waals surface area contributed by atoms with Crippen molar-refractivity contribution in [1.29, 1.82) is 0 Å². The van der Waals surface area contributed by atoms with Crippen LogP contribution >= 0.6 is 33.9 Å². The van der Waals surface area contributed by atoms with Crippen LogP contribution in [-0.4, -0.2) is 10.9 Å². The second-order valence-corrected chi connectivity index (χ2v) is 7.30. The summed E-state index contributed by atoms with van der Waals surface area (Å²) >= 11 is 3.82. The van der Waals surface area contributed by atoms with Gasteiger partial charge in [0.25, 0.3) is 0 Å². The zero-order valence-corrected chi connectivity index (χ0v) is 15.7. The molecule has 1 amide bonds. The number of oxazole rings is 1. The molecule has 0 bridgehead atoms. The van der Waals surface area contributed by atoms with Crippen LogP contribution in [0.25, 0.3) is 10.8 Å². The normalized spacial score (nSPS) is 10.7. The van der Waals surface area contributed by atoms with E-state index in [1.165, 1.54) is 5.56 Å². The standard InChI is InChI=1S/C17H15IN2O2S/c1-10-5-6-12(8-13(10)18)19-16(21)9-14-11(2)22-17(20-14)15-4-3-7-23-15/h3-8H,9H2,1-2H3,(H,19,21). The fraction of sp³-hybridized carbons (Fsp3) is 0.176. The van der Waals surface area contributed by atoms with Crippen LogP contribution in [0.2, 0.25) is 0 Å². The van der Waals surface area contributed by atoms with Crippen LogP contribution in [0.5, 0.6) is 0 Å². The van der Waals surface area contributed by atoms with E-state index in [1.807, 2.05) is 49.6 Å². The van der Waals surface area contributed by atoms with Gasteiger partial charge in [0.2, 0.25) is 11.8 Å². The molecule has 0 atom stereocenters. The van der Waals surface area contributed by atoms with E-state index >= 15 is 0 Å². The number of aryl methyl sites for hydroxylation is 2. The molecule has 6 heteroatoms. The molecule has 1 N–H and O–H groups in total. The summed E-state index contributed by atoms with van der Waals surface area (Å²) < 4.78 is 6.79. The maximum absolute atomic E-state index is 12.2. The Kier molecular flexibility index (Phi) is 4.82. The van der Waals surface area contributed by atoms with E-state index in [0.29, 0.717) is 17.3 Å². The maximum Gasteiger partial charge on any atom is 0.236 e. The summed E-state index contributed by atoms with van der Waals surface area (Å²) in [6.45, 7) is 3.87. The summed E-state index contributed by atoms with van der Waals surface area (Å²) in [5.41, 5.74) is 2.66. The number of aromatic nitrogens is 1. The summed E-state index contributed by atoms with van der Waals surface area (Å²) in [5.74, 6) is 1.16. The zero-order chi connectivity index (χ0) is 16.4. The SMILES string of the molecule is Cc1ccc(NC(=O)Cc2nc(-c3cccs3)oc2C)cc1I. The van der Waals surface area contributed by atoms with E-state index in [2.05, 4.69) is 32.9 Å². The van der Waals surface area contributed by atoms with Gasteiger partial charge in [-0.05, 0) is 65.6 Å². The molecule has 0 saturated carbocycles. The number of rotatable bonds is 4. The van der Waals surface area contributed by atoms with Crippen molar-refractivity contribution in [3.8, 4) is 10.8 Å². The molecule has 0 spiro atoms. The van der Waals surface area contributed by atoms with Crippen LogP contribution in [-0.2, 0) is 11.2 Å². The number of hydrogen-bond acceptors (Lipinski definition) is 4. The summed E-state index contributed by atoms with van der Waals surface area (Å²) in [6.07, 6.45) is 0.200. The third kappa shape index (κ3) is 3.81. The molecule has 118 valence electrons. The van der Waals surface area contributed by atoms with Crippen molar-refractivity contribution >= 4 is 45.5 Å². The van der Waals surface area contributed by atoms with E-state index in [-0.39, 0.29) is 12.3 Å². The average Bonchev–Trinajstić information content (AvgIpc) is 3.13. The fourth-order valence-corrected chi connectivity index (χ4v) is 3.29. The van der Waals surface area contributed by atoms with Gasteiger partial charge in [0.15, 0.2) is 0 Å².